The highest BCUT2D eigenvalue weighted by Crippen LogP contribution is 2.44. The molecule has 3 aromatic carbocycles. The average molecular weight is 472 g/mol. The number of amides is 2. The van der Waals surface area contributed by atoms with Gasteiger partial charge in [-0.1, -0.05) is 48.5 Å². The smallest absolute Gasteiger partial charge is 0.407 e. The summed E-state index contributed by atoms with van der Waals surface area (Å²) in [6.07, 6.45) is 0.0985. The van der Waals surface area contributed by atoms with Gasteiger partial charge in [-0.2, -0.15) is 0 Å². The summed E-state index contributed by atoms with van der Waals surface area (Å²) in [6.45, 7) is 0.544. The quantitative estimate of drug-likeness (QED) is 0.408. The van der Waals surface area contributed by atoms with Gasteiger partial charge in [0.25, 0.3) is 0 Å². The van der Waals surface area contributed by atoms with Crippen molar-refractivity contribution in [2.75, 3.05) is 18.5 Å². The monoisotopic (exact) mass is 472 g/mol. The molecule has 0 aliphatic heterocycles. The molecule has 4 N–H and O–H groups in total. The van der Waals surface area contributed by atoms with Crippen LogP contribution in [-0.4, -0.2) is 41.3 Å². The van der Waals surface area contributed by atoms with E-state index < -0.39 is 17.8 Å². The highest BCUT2D eigenvalue weighted by atomic mass is 16.5. The van der Waals surface area contributed by atoms with Gasteiger partial charge in [-0.05, 0) is 46.7 Å². The number of carbonyl (C=O) groups is 3. The Morgan fingerprint density at radius 1 is 0.943 bits per heavy atom. The van der Waals surface area contributed by atoms with E-state index >= 15 is 0 Å². The number of rotatable bonds is 7. The van der Waals surface area contributed by atoms with E-state index in [4.69, 9.17) is 9.84 Å². The van der Waals surface area contributed by atoms with Crippen molar-refractivity contribution in [2.24, 2.45) is 11.8 Å². The lowest BCUT2D eigenvalue weighted by Crippen LogP contribution is -2.29. The Morgan fingerprint density at radius 2 is 1.60 bits per heavy atom. The summed E-state index contributed by atoms with van der Waals surface area (Å²) in [5.41, 5.74) is 4.68. The molecule has 178 valence electrons. The zero-order valence-electron chi connectivity index (χ0n) is 18.7. The molecule has 0 heterocycles. The first-order valence-electron chi connectivity index (χ1n) is 11.4. The Balaban J connectivity index is 1.10. The molecule has 2 amide bonds. The summed E-state index contributed by atoms with van der Waals surface area (Å²) >= 11 is 0. The number of phenols is 1. The number of anilines is 1. The second-order valence-electron chi connectivity index (χ2n) is 8.84. The van der Waals surface area contributed by atoms with E-state index in [2.05, 4.69) is 34.9 Å². The predicted molar refractivity (Wildman–Crippen MR) is 128 cm³/mol. The Morgan fingerprint density at radius 3 is 2.23 bits per heavy atom. The van der Waals surface area contributed by atoms with Crippen LogP contribution in [0.2, 0.25) is 0 Å². The Kier molecular flexibility index (Phi) is 5.86. The molecule has 1 fully saturated rings. The highest BCUT2D eigenvalue weighted by Gasteiger charge is 2.43. The van der Waals surface area contributed by atoms with Crippen LogP contribution in [0.4, 0.5) is 10.5 Å². The third kappa shape index (κ3) is 4.55. The van der Waals surface area contributed by atoms with E-state index in [0.29, 0.717) is 18.7 Å². The molecule has 8 heteroatoms. The van der Waals surface area contributed by atoms with Crippen molar-refractivity contribution in [1.82, 2.24) is 5.32 Å². The van der Waals surface area contributed by atoms with E-state index in [9.17, 15) is 19.5 Å². The molecule has 0 aromatic heterocycles. The van der Waals surface area contributed by atoms with Gasteiger partial charge in [-0.25, -0.2) is 9.59 Å². The third-order valence-corrected chi connectivity index (χ3v) is 6.61. The van der Waals surface area contributed by atoms with E-state index in [0.717, 1.165) is 22.3 Å². The van der Waals surface area contributed by atoms with E-state index in [1.54, 1.807) is 0 Å². The Bertz CT molecular complexity index is 1280. The van der Waals surface area contributed by atoms with Gasteiger partial charge in [0, 0.05) is 30.1 Å². The van der Waals surface area contributed by atoms with Gasteiger partial charge >= 0.3 is 12.1 Å². The number of fused-ring (bicyclic) bond motifs is 3. The van der Waals surface area contributed by atoms with Gasteiger partial charge < -0.3 is 25.6 Å². The topological polar surface area (TPSA) is 125 Å². The fraction of sp³-hybridized carbons (Fsp3) is 0.222. The van der Waals surface area contributed by atoms with Crippen LogP contribution < -0.4 is 10.6 Å². The number of benzene rings is 3. The molecule has 2 aliphatic rings. The van der Waals surface area contributed by atoms with Crippen molar-refractivity contribution in [3.8, 4) is 16.9 Å². The number of carboxylic acid groups (broad SMARTS) is 1. The summed E-state index contributed by atoms with van der Waals surface area (Å²) < 4.78 is 5.53. The molecule has 2 atom stereocenters. The lowest BCUT2D eigenvalue weighted by atomic mass is 9.98. The third-order valence-electron chi connectivity index (χ3n) is 6.61. The van der Waals surface area contributed by atoms with Crippen molar-refractivity contribution in [3.05, 3.63) is 83.4 Å². The first kappa shape index (κ1) is 22.5. The minimum absolute atomic E-state index is 0.0117. The lowest BCUT2D eigenvalue weighted by Gasteiger charge is -2.14. The van der Waals surface area contributed by atoms with Crippen LogP contribution in [-0.2, 0) is 9.53 Å². The molecule has 1 saturated carbocycles. The zero-order valence-corrected chi connectivity index (χ0v) is 18.7. The van der Waals surface area contributed by atoms with Gasteiger partial charge in [0.1, 0.15) is 17.9 Å². The van der Waals surface area contributed by atoms with E-state index in [1.165, 1.54) is 18.2 Å². The van der Waals surface area contributed by atoms with Crippen LogP contribution in [0.15, 0.2) is 66.7 Å². The summed E-state index contributed by atoms with van der Waals surface area (Å²) in [7, 11) is 0. The SMILES string of the molecule is O=C(NCC1CC1C(=O)Nc1ccc(C(=O)O)c(O)c1)OCC1c2ccccc2-c2ccccc21. The zero-order chi connectivity index (χ0) is 24.5. The highest BCUT2D eigenvalue weighted by molar-refractivity contribution is 5.96. The maximum atomic E-state index is 12.4. The van der Waals surface area contributed by atoms with Gasteiger partial charge in [-0.15, -0.1) is 0 Å². The number of carbonyl (C=O) groups excluding carboxylic acids is 2. The average Bonchev–Trinajstić information content (AvgIpc) is 3.56. The second-order valence-corrected chi connectivity index (χ2v) is 8.84. The minimum Gasteiger partial charge on any atom is -0.507 e. The summed E-state index contributed by atoms with van der Waals surface area (Å²) in [4.78, 5) is 35.8. The molecular formula is C27H24N2O6. The largest absolute Gasteiger partial charge is 0.507 e. The van der Waals surface area contributed by atoms with Crippen LogP contribution in [0.1, 0.15) is 33.8 Å². The number of nitrogens with one attached hydrogen (secondary N) is 2. The molecule has 5 rings (SSSR count). The van der Waals surface area contributed by atoms with E-state index in [1.807, 2.05) is 24.3 Å². The molecule has 3 aromatic rings. The van der Waals surface area contributed by atoms with Crippen LogP contribution in [0.3, 0.4) is 0 Å². The fourth-order valence-corrected chi connectivity index (χ4v) is 4.68. The van der Waals surface area contributed by atoms with Gasteiger partial charge in [0.05, 0.1) is 0 Å². The summed E-state index contributed by atoms with van der Waals surface area (Å²) in [5, 5.41) is 24.2. The lowest BCUT2D eigenvalue weighted by molar-refractivity contribution is -0.117. The van der Waals surface area contributed by atoms with Crippen LogP contribution >= 0.6 is 0 Å². The van der Waals surface area contributed by atoms with Crippen molar-refractivity contribution in [2.45, 2.75) is 12.3 Å². The molecule has 2 unspecified atom stereocenters. The summed E-state index contributed by atoms with van der Waals surface area (Å²) in [5.74, 6) is -2.21. The summed E-state index contributed by atoms with van der Waals surface area (Å²) in [6, 6.07) is 20.1. The number of hydrogen-bond donors (Lipinski definition) is 4. The molecule has 0 spiro atoms. The number of ether oxygens (including phenoxy) is 1. The molecular weight excluding hydrogens is 448 g/mol. The van der Waals surface area contributed by atoms with Crippen LogP contribution in [0.25, 0.3) is 11.1 Å². The molecule has 0 radical (unpaired) electrons. The molecule has 0 saturated heterocycles. The normalized spacial score (nSPS) is 17.7. The van der Waals surface area contributed by atoms with Crippen molar-refractivity contribution < 1.29 is 29.3 Å². The molecule has 8 nitrogen and oxygen atoms in total. The van der Waals surface area contributed by atoms with Gasteiger partial charge in [0.15, 0.2) is 0 Å². The first-order chi connectivity index (χ1) is 16.9. The van der Waals surface area contributed by atoms with Crippen LogP contribution in [0.5, 0.6) is 5.75 Å². The maximum absolute atomic E-state index is 12.4. The molecule has 2 aliphatic carbocycles. The number of hydrogen-bond acceptors (Lipinski definition) is 5. The number of aromatic carboxylic acids is 1. The number of alkyl carbamates (subject to hydrolysis) is 1. The second kappa shape index (κ2) is 9.13. The van der Waals surface area contributed by atoms with Crippen LogP contribution in [0, 0.1) is 11.8 Å². The van der Waals surface area contributed by atoms with Crippen molar-refractivity contribution in [1.29, 1.82) is 0 Å². The van der Waals surface area contributed by atoms with Gasteiger partial charge in [-0.3, -0.25) is 4.79 Å². The standard InChI is InChI=1S/C27H24N2O6/c30-24-12-16(9-10-21(24)26(32)33)29-25(31)22-11-15(22)13-28-27(34)35-14-23-19-7-3-1-5-17(19)18-6-2-4-8-20(18)23/h1-10,12,15,22-23,30H,11,13-14H2,(H,28,34)(H,29,31)(H,32,33). The molecule has 0 bridgehead atoms. The first-order valence-corrected chi connectivity index (χ1v) is 11.4. The maximum Gasteiger partial charge on any atom is 0.407 e. The Labute approximate surface area is 201 Å². The number of aromatic hydroxyl groups is 1. The fourth-order valence-electron chi connectivity index (χ4n) is 4.68. The van der Waals surface area contributed by atoms with Crippen molar-refractivity contribution >= 4 is 23.7 Å². The minimum atomic E-state index is -1.25. The van der Waals surface area contributed by atoms with E-state index in [-0.39, 0.29) is 35.8 Å². The Hall–Kier alpha value is -4.33. The molecule has 35 heavy (non-hydrogen) atoms. The van der Waals surface area contributed by atoms with Crippen molar-refractivity contribution in [3.63, 3.8) is 0 Å². The van der Waals surface area contributed by atoms with Gasteiger partial charge in [0.2, 0.25) is 5.91 Å². The predicted octanol–water partition coefficient (Wildman–Crippen LogP) is 4.20. The number of carboxylic acids is 1.